The summed E-state index contributed by atoms with van der Waals surface area (Å²) in [6.45, 7) is 0. The molecule has 210 valence electrons. The van der Waals surface area contributed by atoms with Crippen LogP contribution in [0.1, 0.15) is 5.56 Å². The van der Waals surface area contributed by atoms with Crippen molar-refractivity contribution < 1.29 is 14.2 Å². The summed E-state index contributed by atoms with van der Waals surface area (Å²) in [6.07, 6.45) is 7.24. The van der Waals surface area contributed by atoms with Gasteiger partial charge in [0.25, 0.3) is 0 Å². The molecule has 0 radical (unpaired) electrons. The molecule has 0 amide bonds. The van der Waals surface area contributed by atoms with E-state index in [4.69, 9.17) is 29.4 Å². The molecule has 0 spiro atoms. The lowest BCUT2D eigenvalue weighted by Gasteiger charge is -2.14. The topological polar surface area (TPSA) is 88.1 Å². The van der Waals surface area contributed by atoms with Crippen molar-refractivity contribution in [3.63, 3.8) is 0 Å². The number of aromatic nitrogens is 4. The number of rotatable bonds is 9. The predicted octanol–water partition coefficient (Wildman–Crippen LogP) is 6.67. The number of hydrogen-bond donors (Lipinski definition) is 0. The number of para-hydroxylation sites is 1. The molecule has 42 heavy (non-hydrogen) atoms. The number of hydrogen-bond acceptors (Lipinski definition) is 9. The zero-order chi connectivity index (χ0) is 28.9. The fourth-order valence-electron chi connectivity index (χ4n) is 4.37. The molecule has 0 bridgehead atoms. The van der Waals surface area contributed by atoms with Crippen LogP contribution in [0.2, 0.25) is 0 Å². The Morgan fingerprint density at radius 2 is 1.69 bits per heavy atom. The highest BCUT2D eigenvalue weighted by molar-refractivity contribution is 7.13. The zero-order valence-corrected chi connectivity index (χ0v) is 24.7. The lowest BCUT2D eigenvalue weighted by molar-refractivity contribution is 0.324. The van der Waals surface area contributed by atoms with Gasteiger partial charge in [0.05, 0.1) is 55.7 Å². The molecular formula is C31H26N6O3S2. The first-order valence-corrected chi connectivity index (χ1v) is 14.6. The number of pyridine rings is 1. The molecule has 0 atom stereocenters. The van der Waals surface area contributed by atoms with Crippen LogP contribution < -0.4 is 19.0 Å². The van der Waals surface area contributed by atoms with Gasteiger partial charge >= 0.3 is 0 Å². The van der Waals surface area contributed by atoms with Gasteiger partial charge in [-0.25, -0.2) is 14.4 Å². The van der Waals surface area contributed by atoms with E-state index in [1.165, 1.54) is 11.3 Å². The Kier molecular flexibility index (Phi) is 7.93. The molecule has 0 saturated heterocycles. The van der Waals surface area contributed by atoms with Gasteiger partial charge in [-0.1, -0.05) is 24.3 Å². The Morgan fingerprint density at radius 1 is 0.881 bits per heavy atom. The number of thiazole rings is 1. The van der Waals surface area contributed by atoms with Gasteiger partial charge in [-0.05, 0) is 47.8 Å². The van der Waals surface area contributed by atoms with Crippen molar-refractivity contribution in [1.29, 1.82) is 0 Å². The Bertz CT molecular complexity index is 1870. The van der Waals surface area contributed by atoms with Crippen LogP contribution in [0.15, 0.2) is 106 Å². The Balaban J connectivity index is 1.52. The van der Waals surface area contributed by atoms with Crippen LogP contribution in [0.25, 0.3) is 27.5 Å². The van der Waals surface area contributed by atoms with Crippen molar-refractivity contribution in [3.05, 3.63) is 106 Å². The monoisotopic (exact) mass is 594 g/mol. The van der Waals surface area contributed by atoms with Gasteiger partial charge in [-0.2, -0.15) is 10.2 Å². The first-order valence-electron chi connectivity index (χ1n) is 12.9. The van der Waals surface area contributed by atoms with E-state index in [-0.39, 0.29) is 0 Å². The number of thiophene rings is 1. The maximum Gasteiger partial charge on any atom is 0.211 e. The predicted molar refractivity (Wildman–Crippen MR) is 167 cm³/mol. The van der Waals surface area contributed by atoms with Gasteiger partial charge in [-0.15, -0.1) is 22.7 Å². The minimum Gasteiger partial charge on any atom is -0.493 e. The minimum absolute atomic E-state index is 0.517. The molecule has 0 aliphatic heterocycles. The van der Waals surface area contributed by atoms with Crippen molar-refractivity contribution in [2.45, 2.75) is 0 Å². The number of methoxy groups -OCH3 is 3. The molecule has 4 aromatic heterocycles. The zero-order valence-electron chi connectivity index (χ0n) is 23.0. The average molecular weight is 595 g/mol. The van der Waals surface area contributed by atoms with Crippen molar-refractivity contribution in [2.24, 2.45) is 10.1 Å². The van der Waals surface area contributed by atoms with E-state index in [2.05, 4.69) is 11.1 Å². The summed E-state index contributed by atoms with van der Waals surface area (Å²) >= 11 is 3.10. The second-order valence-corrected chi connectivity index (χ2v) is 10.7. The van der Waals surface area contributed by atoms with Crippen LogP contribution in [-0.2, 0) is 0 Å². The van der Waals surface area contributed by atoms with Crippen LogP contribution in [0, 0.1) is 0 Å². The Morgan fingerprint density at radius 3 is 2.36 bits per heavy atom. The third-order valence-electron chi connectivity index (χ3n) is 6.35. The van der Waals surface area contributed by atoms with Gasteiger partial charge in [-0.3, -0.25) is 4.98 Å². The maximum absolute atomic E-state index is 5.62. The third kappa shape index (κ3) is 5.47. The van der Waals surface area contributed by atoms with E-state index < -0.39 is 0 Å². The minimum atomic E-state index is 0.517. The molecule has 4 heterocycles. The van der Waals surface area contributed by atoms with E-state index >= 15 is 0 Å². The van der Waals surface area contributed by atoms with Gasteiger partial charge < -0.3 is 14.2 Å². The second-order valence-electron chi connectivity index (χ2n) is 8.89. The molecule has 0 saturated carbocycles. The highest BCUT2D eigenvalue weighted by atomic mass is 32.1. The van der Waals surface area contributed by atoms with Crippen molar-refractivity contribution >= 4 is 34.6 Å². The number of ether oxygens (including phenoxy) is 3. The molecule has 0 N–H and O–H groups in total. The van der Waals surface area contributed by atoms with Crippen LogP contribution in [0.4, 0.5) is 5.69 Å². The molecule has 9 nitrogen and oxygen atoms in total. The van der Waals surface area contributed by atoms with E-state index in [9.17, 15) is 0 Å². The third-order valence-corrected chi connectivity index (χ3v) is 8.04. The Labute approximate surface area is 250 Å². The smallest absolute Gasteiger partial charge is 0.211 e. The summed E-state index contributed by atoms with van der Waals surface area (Å²) in [4.78, 5) is 10.8. The van der Waals surface area contributed by atoms with Crippen molar-refractivity contribution in [3.8, 4) is 44.8 Å². The summed E-state index contributed by atoms with van der Waals surface area (Å²) in [7, 11) is 4.78. The van der Waals surface area contributed by atoms with E-state index in [1.807, 2.05) is 88.5 Å². The summed E-state index contributed by atoms with van der Waals surface area (Å²) in [5.74, 6) is 1.61. The fraction of sp³-hybridized carbons (Fsp3) is 0.0968. The summed E-state index contributed by atoms with van der Waals surface area (Å²) in [5.41, 5.74) is 5.01. The molecular weight excluding hydrogens is 569 g/mol. The molecule has 0 aliphatic carbocycles. The molecule has 0 unspecified atom stereocenters. The van der Waals surface area contributed by atoms with Crippen LogP contribution in [0.3, 0.4) is 0 Å². The fourth-order valence-corrected chi connectivity index (χ4v) is 5.95. The molecule has 6 aromatic rings. The van der Waals surface area contributed by atoms with Crippen LogP contribution >= 0.6 is 22.7 Å². The van der Waals surface area contributed by atoms with Gasteiger partial charge in [0.15, 0.2) is 11.5 Å². The van der Waals surface area contributed by atoms with Gasteiger partial charge in [0, 0.05) is 28.9 Å². The summed E-state index contributed by atoms with van der Waals surface area (Å²) in [5, 5.41) is 13.9. The molecule has 6 rings (SSSR count). The molecule has 2 aromatic carbocycles. The second kappa shape index (κ2) is 12.2. The summed E-state index contributed by atoms with van der Waals surface area (Å²) in [6, 6.07) is 21.6. The Hall–Kier alpha value is -5.00. The number of benzene rings is 2. The lowest BCUT2D eigenvalue weighted by Crippen LogP contribution is -2.11. The maximum atomic E-state index is 5.62. The molecule has 11 heteroatoms. The first-order chi connectivity index (χ1) is 20.7. The SMILES string of the molecule is COc1cc(-c2csc(=Nc3cccnc3)n2N=Cc2cn(-c3ccccc3)nc2-c2cccs2)cc(OC)c1OC. The first kappa shape index (κ1) is 27.2. The standard InChI is InChI=1S/C31H26N6O3S2/c1-38-26-15-21(16-27(39-2)30(26)40-3)25-20-42-31(34-23-9-7-13-32-18-23)37(25)33-17-22-19-36(24-10-5-4-6-11-24)35-29(22)28-12-8-14-41-28/h4-20H,1-3H3. The largest absolute Gasteiger partial charge is 0.493 e. The van der Waals surface area contributed by atoms with Gasteiger partial charge in [0.1, 0.15) is 5.69 Å². The van der Waals surface area contributed by atoms with Crippen molar-refractivity contribution in [1.82, 2.24) is 19.4 Å². The lowest BCUT2D eigenvalue weighted by atomic mass is 10.1. The van der Waals surface area contributed by atoms with E-state index in [1.54, 1.807) is 49.7 Å². The average Bonchev–Trinajstić information content (AvgIpc) is 3.80. The normalized spacial score (nSPS) is 11.7. The van der Waals surface area contributed by atoms with Gasteiger partial charge in [0.2, 0.25) is 10.6 Å². The quantitative estimate of drug-likeness (QED) is 0.175. The van der Waals surface area contributed by atoms with E-state index in [0.29, 0.717) is 22.0 Å². The highest BCUT2D eigenvalue weighted by Gasteiger charge is 2.18. The summed E-state index contributed by atoms with van der Waals surface area (Å²) < 4.78 is 20.5. The van der Waals surface area contributed by atoms with Crippen LogP contribution in [0.5, 0.6) is 17.2 Å². The number of nitrogens with zero attached hydrogens (tertiary/aromatic N) is 6. The highest BCUT2D eigenvalue weighted by Crippen LogP contribution is 2.41. The van der Waals surface area contributed by atoms with E-state index in [0.717, 1.165) is 38.8 Å². The molecule has 0 aliphatic rings. The molecule has 0 fully saturated rings. The van der Waals surface area contributed by atoms with Crippen molar-refractivity contribution in [2.75, 3.05) is 21.3 Å². The van der Waals surface area contributed by atoms with Crippen LogP contribution in [-0.4, -0.2) is 47.0 Å².